The van der Waals surface area contributed by atoms with E-state index in [0.717, 1.165) is 0 Å². The molecule has 2 rings (SSSR count). The Morgan fingerprint density at radius 1 is 1.39 bits per heavy atom. The maximum atomic E-state index is 11.8. The monoisotopic (exact) mass is 266 g/mol. The standard InChI is InChI=1S/C10H11ClN6O/c1-5(2)8-13-9(17-16-8)10(18)12-7-4-3-6(11)14-15-7/h3-5H,1-2H3,(H,12,15,18)(H,13,16,17). The summed E-state index contributed by atoms with van der Waals surface area (Å²) in [4.78, 5) is 15.8. The van der Waals surface area contributed by atoms with Gasteiger partial charge in [-0.25, -0.2) is 4.98 Å². The van der Waals surface area contributed by atoms with Crippen LogP contribution in [-0.4, -0.2) is 31.3 Å². The molecule has 0 fully saturated rings. The van der Waals surface area contributed by atoms with Gasteiger partial charge in [-0.3, -0.25) is 9.89 Å². The number of hydrogen-bond donors (Lipinski definition) is 2. The summed E-state index contributed by atoms with van der Waals surface area (Å²) in [6.07, 6.45) is 0. The van der Waals surface area contributed by atoms with E-state index in [9.17, 15) is 4.79 Å². The van der Waals surface area contributed by atoms with E-state index in [0.29, 0.717) is 11.6 Å². The third-order valence-corrected chi connectivity index (χ3v) is 2.33. The first kappa shape index (κ1) is 12.4. The molecule has 0 saturated heterocycles. The van der Waals surface area contributed by atoms with Gasteiger partial charge in [0.05, 0.1) is 0 Å². The smallest absolute Gasteiger partial charge is 0.296 e. The van der Waals surface area contributed by atoms with Gasteiger partial charge >= 0.3 is 0 Å². The number of amides is 1. The first-order valence-electron chi connectivity index (χ1n) is 5.29. The first-order valence-corrected chi connectivity index (χ1v) is 5.67. The lowest BCUT2D eigenvalue weighted by Crippen LogP contribution is -2.15. The van der Waals surface area contributed by atoms with E-state index in [-0.39, 0.29) is 16.9 Å². The molecule has 94 valence electrons. The fourth-order valence-electron chi connectivity index (χ4n) is 1.19. The highest BCUT2D eigenvalue weighted by molar-refractivity contribution is 6.29. The van der Waals surface area contributed by atoms with Crippen molar-refractivity contribution in [3.05, 3.63) is 28.9 Å². The van der Waals surface area contributed by atoms with Crippen LogP contribution in [0, 0.1) is 0 Å². The molecule has 0 aromatic carbocycles. The van der Waals surface area contributed by atoms with E-state index in [1.807, 2.05) is 13.8 Å². The van der Waals surface area contributed by atoms with Crippen molar-refractivity contribution in [2.75, 3.05) is 5.32 Å². The largest absolute Gasteiger partial charge is 0.302 e. The van der Waals surface area contributed by atoms with E-state index < -0.39 is 5.91 Å². The molecule has 8 heteroatoms. The van der Waals surface area contributed by atoms with Gasteiger partial charge in [0.25, 0.3) is 5.91 Å². The predicted octanol–water partition coefficient (Wildman–Crippen LogP) is 1.62. The number of carbonyl (C=O) groups is 1. The summed E-state index contributed by atoms with van der Waals surface area (Å²) in [5.74, 6) is 0.738. The molecule has 0 aliphatic carbocycles. The Labute approximate surface area is 108 Å². The molecule has 0 spiro atoms. The Hall–Kier alpha value is -2.02. The highest BCUT2D eigenvalue weighted by atomic mass is 35.5. The van der Waals surface area contributed by atoms with Gasteiger partial charge in [0.1, 0.15) is 5.82 Å². The molecule has 0 atom stereocenters. The second kappa shape index (κ2) is 5.09. The van der Waals surface area contributed by atoms with E-state index in [2.05, 4.69) is 30.7 Å². The van der Waals surface area contributed by atoms with E-state index in [4.69, 9.17) is 11.6 Å². The molecule has 18 heavy (non-hydrogen) atoms. The average molecular weight is 267 g/mol. The molecule has 0 radical (unpaired) electrons. The zero-order chi connectivity index (χ0) is 13.1. The van der Waals surface area contributed by atoms with E-state index >= 15 is 0 Å². The van der Waals surface area contributed by atoms with Gasteiger partial charge in [0, 0.05) is 5.92 Å². The molecular formula is C10H11ClN6O. The third kappa shape index (κ3) is 2.80. The summed E-state index contributed by atoms with van der Waals surface area (Å²) in [5, 5.41) is 16.6. The number of anilines is 1. The Morgan fingerprint density at radius 3 is 2.72 bits per heavy atom. The van der Waals surface area contributed by atoms with Crippen LogP contribution in [0.4, 0.5) is 5.82 Å². The molecule has 0 bridgehead atoms. The van der Waals surface area contributed by atoms with Crippen LogP contribution in [0.2, 0.25) is 5.15 Å². The highest BCUT2D eigenvalue weighted by Crippen LogP contribution is 2.09. The minimum absolute atomic E-state index is 0.0652. The van der Waals surface area contributed by atoms with Crippen LogP contribution in [0.15, 0.2) is 12.1 Å². The second-order valence-electron chi connectivity index (χ2n) is 3.89. The van der Waals surface area contributed by atoms with Crippen LogP contribution >= 0.6 is 11.6 Å². The summed E-state index contributed by atoms with van der Waals surface area (Å²) >= 11 is 5.59. The fraction of sp³-hybridized carbons (Fsp3) is 0.300. The molecule has 0 saturated carbocycles. The number of carbonyl (C=O) groups excluding carboxylic acids is 1. The number of nitrogens with zero attached hydrogens (tertiary/aromatic N) is 4. The topological polar surface area (TPSA) is 96.5 Å². The molecule has 2 aromatic heterocycles. The van der Waals surface area contributed by atoms with E-state index in [1.54, 1.807) is 6.07 Å². The van der Waals surface area contributed by atoms with E-state index in [1.165, 1.54) is 6.07 Å². The highest BCUT2D eigenvalue weighted by Gasteiger charge is 2.14. The van der Waals surface area contributed by atoms with Crippen LogP contribution in [-0.2, 0) is 0 Å². The zero-order valence-electron chi connectivity index (χ0n) is 9.81. The van der Waals surface area contributed by atoms with Gasteiger partial charge in [-0.1, -0.05) is 25.4 Å². The first-order chi connectivity index (χ1) is 8.56. The minimum Gasteiger partial charge on any atom is -0.302 e. The van der Waals surface area contributed by atoms with Crippen molar-refractivity contribution in [2.45, 2.75) is 19.8 Å². The maximum absolute atomic E-state index is 11.8. The van der Waals surface area contributed by atoms with Crippen LogP contribution in [0.1, 0.15) is 36.2 Å². The van der Waals surface area contributed by atoms with Crippen LogP contribution in [0.25, 0.3) is 0 Å². The minimum atomic E-state index is -0.449. The summed E-state index contributed by atoms with van der Waals surface area (Å²) in [6, 6.07) is 3.07. The quantitative estimate of drug-likeness (QED) is 0.880. The summed E-state index contributed by atoms with van der Waals surface area (Å²) in [7, 11) is 0. The van der Waals surface area contributed by atoms with Gasteiger partial charge in [-0.2, -0.15) is 0 Å². The number of nitrogens with one attached hydrogen (secondary N) is 2. The molecule has 0 aliphatic heterocycles. The van der Waals surface area contributed by atoms with Crippen LogP contribution in [0.3, 0.4) is 0 Å². The summed E-state index contributed by atoms with van der Waals surface area (Å²) in [5.41, 5.74) is 0. The van der Waals surface area contributed by atoms with Crippen molar-refractivity contribution in [3.63, 3.8) is 0 Å². The molecule has 2 N–H and O–H groups in total. The predicted molar refractivity (Wildman–Crippen MR) is 65.5 cm³/mol. The molecule has 2 heterocycles. The average Bonchev–Trinajstić information content (AvgIpc) is 2.81. The zero-order valence-corrected chi connectivity index (χ0v) is 10.6. The van der Waals surface area contributed by atoms with Gasteiger partial charge in [0.2, 0.25) is 5.82 Å². The molecule has 0 unspecified atom stereocenters. The Morgan fingerprint density at radius 2 is 2.17 bits per heavy atom. The molecule has 0 aliphatic rings. The number of rotatable bonds is 3. The Balaban J connectivity index is 2.09. The van der Waals surface area contributed by atoms with Crippen molar-refractivity contribution in [3.8, 4) is 0 Å². The van der Waals surface area contributed by atoms with Gasteiger partial charge in [-0.05, 0) is 12.1 Å². The number of H-pyrrole nitrogens is 1. The van der Waals surface area contributed by atoms with Crippen molar-refractivity contribution >= 4 is 23.3 Å². The molecule has 7 nitrogen and oxygen atoms in total. The van der Waals surface area contributed by atoms with Crippen LogP contribution < -0.4 is 5.32 Å². The molecular weight excluding hydrogens is 256 g/mol. The van der Waals surface area contributed by atoms with Gasteiger partial charge in [0.15, 0.2) is 11.0 Å². The Bertz CT molecular complexity index is 550. The third-order valence-electron chi connectivity index (χ3n) is 2.13. The van der Waals surface area contributed by atoms with Gasteiger partial charge < -0.3 is 5.32 Å². The molecule has 2 aromatic rings. The van der Waals surface area contributed by atoms with Crippen molar-refractivity contribution in [1.82, 2.24) is 25.4 Å². The normalized spacial score (nSPS) is 10.7. The molecule has 1 amide bonds. The number of aromatic nitrogens is 5. The lowest BCUT2D eigenvalue weighted by molar-refractivity contribution is 0.101. The summed E-state index contributed by atoms with van der Waals surface area (Å²) in [6.45, 7) is 3.90. The maximum Gasteiger partial charge on any atom is 0.296 e. The lowest BCUT2D eigenvalue weighted by atomic mass is 10.2. The van der Waals surface area contributed by atoms with Gasteiger partial charge in [-0.15, -0.1) is 15.3 Å². The van der Waals surface area contributed by atoms with Crippen molar-refractivity contribution in [1.29, 1.82) is 0 Å². The number of hydrogen-bond acceptors (Lipinski definition) is 5. The fourth-order valence-corrected chi connectivity index (χ4v) is 1.29. The number of aromatic amines is 1. The van der Waals surface area contributed by atoms with Crippen molar-refractivity contribution in [2.24, 2.45) is 0 Å². The summed E-state index contributed by atoms with van der Waals surface area (Å²) < 4.78 is 0. The second-order valence-corrected chi connectivity index (χ2v) is 4.28. The Kier molecular flexibility index (Phi) is 3.52. The lowest BCUT2D eigenvalue weighted by Gasteiger charge is -1.99. The van der Waals surface area contributed by atoms with Crippen molar-refractivity contribution < 1.29 is 4.79 Å². The number of halogens is 1. The SMILES string of the molecule is CC(C)c1nc(C(=O)Nc2ccc(Cl)nn2)n[nH]1. The van der Waals surface area contributed by atoms with Crippen LogP contribution in [0.5, 0.6) is 0 Å².